The lowest BCUT2D eigenvalue weighted by molar-refractivity contribution is 0.0989. The zero-order chi connectivity index (χ0) is 17.1. The molecule has 1 aromatic carbocycles. The summed E-state index contributed by atoms with van der Waals surface area (Å²) in [6.45, 7) is 3.83. The van der Waals surface area contributed by atoms with E-state index in [2.05, 4.69) is 21.4 Å². The predicted octanol–water partition coefficient (Wildman–Crippen LogP) is 1.88. The van der Waals surface area contributed by atoms with Gasteiger partial charge in [0.1, 0.15) is 11.4 Å². The van der Waals surface area contributed by atoms with Crippen LogP contribution in [-0.4, -0.2) is 42.6 Å². The van der Waals surface area contributed by atoms with E-state index in [1.165, 1.54) is 0 Å². The summed E-state index contributed by atoms with van der Waals surface area (Å²) < 4.78 is 0. The molecule has 0 saturated carbocycles. The van der Waals surface area contributed by atoms with Crippen LogP contribution in [0.4, 0.5) is 17.5 Å². The predicted molar refractivity (Wildman–Crippen MR) is 92.3 cm³/mol. The number of aromatic nitrogens is 2. The Balaban J connectivity index is 2.01. The van der Waals surface area contributed by atoms with Crippen molar-refractivity contribution in [3.8, 4) is 6.07 Å². The summed E-state index contributed by atoms with van der Waals surface area (Å²) in [5.74, 6) is 0.966. The standard InChI is InChI=1S/C17H18N6O/c1-3-19-17-20-11-14-15(21-17)22(2)7-8-23(16(14)24)13-6-4-5-12(9-13)10-18/h4-6,9,11H,3,7-8H2,1-2H3,(H,19,20,21). The van der Waals surface area contributed by atoms with Gasteiger partial charge in [0.15, 0.2) is 0 Å². The molecule has 3 rings (SSSR count). The highest BCUT2D eigenvalue weighted by Crippen LogP contribution is 2.26. The molecule has 122 valence electrons. The van der Waals surface area contributed by atoms with E-state index in [9.17, 15) is 4.79 Å². The molecule has 24 heavy (non-hydrogen) atoms. The highest BCUT2D eigenvalue weighted by atomic mass is 16.2. The topological polar surface area (TPSA) is 85.2 Å². The van der Waals surface area contributed by atoms with Crippen molar-refractivity contribution in [3.05, 3.63) is 41.6 Å². The van der Waals surface area contributed by atoms with Gasteiger partial charge in [-0.3, -0.25) is 4.79 Å². The Morgan fingerprint density at radius 2 is 2.21 bits per heavy atom. The Morgan fingerprint density at radius 1 is 1.38 bits per heavy atom. The third-order valence-corrected chi connectivity index (χ3v) is 3.89. The monoisotopic (exact) mass is 322 g/mol. The fourth-order valence-electron chi connectivity index (χ4n) is 2.65. The van der Waals surface area contributed by atoms with Crippen molar-refractivity contribution < 1.29 is 4.79 Å². The van der Waals surface area contributed by atoms with E-state index in [0.29, 0.717) is 48.2 Å². The number of hydrogen-bond donors (Lipinski definition) is 1. The van der Waals surface area contributed by atoms with Crippen molar-refractivity contribution >= 4 is 23.4 Å². The highest BCUT2D eigenvalue weighted by molar-refractivity contribution is 6.09. The number of nitrogens with zero attached hydrogens (tertiary/aromatic N) is 5. The third kappa shape index (κ3) is 2.86. The second kappa shape index (κ2) is 6.54. The first-order valence-electron chi connectivity index (χ1n) is 7.78. The molecule has 1 N–H and O–H groups in total. The average Bonchev–Trinajstić information content (AvgIpc) is 2.73. The summed E-state index contributed by atoms with van der Waals surface area (Å²) >= 11 is 0. The molecular weight excluding hydrogens is 304 g/mol. The van der Waals surface area contributed by atoms with Gasteiger partial charge in [0.25, 0.3) is 5.91 Å². The number of carbonyl (C=O) groups is 1. The maximum atomic E-state index is 13.0. The first-order chi connectivity index (χ1) is 11.6. The molecule has 1 amide bonds. The van der Waals surface area contributed by atoms with Gasteiger partial charge in [-0.05, 0) is 25.1 Å². The Kier molecular flexibility index (Phi) is 4.29. The molecule has 0 bridgehead atoms. The van der Waals surface area contributed by atoms with Crippen LogP contribution in [0.5, 0.6) is 0 Å². The Labute approximate surface area is 140 Å². The minimum atomic E-state index is -0.160. The summed E-state index contributed by atoms with van der Waals surface area (Å²) in [7, 11) is 1.91. The van der Waals surface area contributed by atoms with Gasteiger partial charge in [-0.1, -0.05) is 6.07 Å². The zero-order valence-corrected chi connectivity index (χ0v) is 13.7. The van der Waals surface area contributed by atoms with Crippen molar-refractivity contribution in [2.45, 2.75) is 6.92 Å². The Morgan fingerprint density at radius 3 is 2.96 bits per heavy atom. The minimum Gasteiger partial charge on any atom is -0.357 e. The van der Waals surface area contributed by atoms with Crippen LogP contribution in [0.3, 0.4) is 0 Å². The molecule has 0 unspecified atom stereocenters. The molecule has 1 aromatic heterocycles. The molecule has 0 fully saturated rings. The molecule has 1 aliphatic rings. The fraction of sp³-hybridized carbons (Fsp3) is 0.294. The van der Waals surface area contributed by atoms with Crippen molar-refractivity contribution in [1.29, 1.82) is 5.26 Å². The third-order valence-electron chi connectivity index (χ3n) is 3.89. The molecular formula is C17H18N6O. The maximum Gasteiger partial charge on any atom is 0.263 e. The summed E-state index contributed by atoms with van der Waals surface area (Å²) in [5, 5.41) is 12.1. The van der Waals surface area contributed by atoms with Crippen LogP contribution in [0.25, 0.3) is 0 Å². The Hall–Kier alpha value is -3.14. The first kappa shape index (κ1) is 15.7. The summed E-state index contributed by atoms with van der Waals surface area (Å²) in [6.07, 6.45) is 1.56. The van der Waals surface area contributed by atoms with Gasteiger partial charge in [-0.25, -0.2) is 4.98 Å². The second-order valence-electron chi connectivity index (χ2n) is 5.50. The minimum absolute atomic E-state index is 0.160. The lowest BCUT2D eigenvalue weighted by Gasteiger charge is -2.21. The van der Waals surface area contributed by atoms with Gasteiger partial charge < -0.3 is 15.1 Å². The lowest BCUT2D eigenvalue weighted by Crippen LogP contribution is -2.33. The smallest absolute Gasteiger partial charge is 0.263 e. The van der Waals surface area contributed by atoms with Gasteiger partial charge in [0.2, 0.25) is 5.95 Å². The second-order valence-corrected chi connectivity index (χ2v) is 5.50. The number of fused-ring (bicyclic) bond motifs is 1. The molecule has 0 radical (unpaired) electrons. The van der Waals surface area contributed by atoms with Crippen molar-refractivity contribution in [2.75, 3.05) is 41.8 Å². The van der Waals surface area contributed by atoms with Crippen LogP contribution >= 0.6 is 0 Å². The van der Waals surface area contributed by atoms with Gasteiger partial charge in [-0.2, -0.15) is 10.2 Å². The van der Waals surface area contributed by atoms with Crippen LogP contribution < -0.4 is 15.1 Å². The Bertz CT molecular complexity index is 813. The van der Waals surface area contributed by atoms with Crippen LogP contribution in [-0.2, 0) is 0 Å². The number of anilines is 3. The average molecular weight is 322 g/mol. The molecule has 0 saturated heterocycles. The van der Waals surface area contributed by atoms with E-state index in [0.717, 1.165) is 0 Å². The van der Waals surface area contributed by atoms with Crippen molar-refractivity contribution in [3.63, 3.8) is 0 Å². The molecule has 7 heteroatoms. The quantitative estimate of drug-likeness (QED) is 0.928. The van der Waals surface area contributed by atoms with E-state index in [1.807, 2.05) is 24.9 Å². The normalized spacial score (nSPS) is 14.0. The van der Waals surface area contributed by atoms with Gasteiger partial charge in [0, 0.05) is 38.6 Å². The van der Waals surface area contributed by atoms with E-state index in [4.69, 9.17) is 5.26 Å². The lowest BCUT2D eigenvalue weighted by atomic mass is 10.2. The molecule has 2 aromatic rings. The number of rotatable bonds is 3. The van der Waals surface area contributed by atoms with Crippen LogP contribution in [0.1, 0.15) is 22.8 Å². The van der Waals surface area contributed by atoms with Gasteiger partial charge >= 0.3 is 0 Å². The van der Waals surface area contributed by atoms with Gasteiger partial charge in [-0.15, -0.1) is 0 Å². The van der Waals surface area contributed by atoms with Crippen LogP contribution in [0.15, 0.2) is 30.5 Å². The molecule has 0 atom stereocenters. The highest BCUT2D eigenvalue weighted by Gasteiger charge is 2.28. The van der Waals surface area contributed by atoms with Crippen LogP contribution in [0, 0.1) is 11.3 Å². The molecule has 0 aliphatic carbocycles. The first-order valence-corrected chi connectivity index (χ1v) is 7.78. The van der Waals surface area contributed by atoms with E-state index < -0.39 is 0 Å². The molecule has 0 spiro atoms. The van der Waals surface area contributed by atoms with Crippen molar-refractivity contribution in [2.24, 2.45) is 0 Å². The number of carbonyl (C=O) groups excluding carboxylic acids is 1. The van der Waals surface area contributed by atoms with Crippen LogP contribution in [0.2, 0.25) is 0 Å². The number of amides is 1. The molecule has 2 heterocycles. The number of hydrogen-bond acceptors (Lipinski definition) is 6. The number of likely N-dealkylation sites (N-methyl/N-ethyl adjacent to an activating group) is 1. The number of nitriles is 1. The number of nitrogens with one attached hydrogen (secondary N) is 1. The molecule has 7 nitrogen and oxygen atoms in total. The van der Waals surface area contributed by atoms with E-state index in [-0.39, 0.29) is 5.91 Å². The zero-order valence-electron chi connectivity index (χ0n) is 13.7. The van der Waals surface area contributed by atoms with E-state index >= 15 is 0 Å². The summed E-state index contributed by atoms with van der Waals surface area (Å²) in [6, 6.07) is 9.15. The fourth-order valence-corrected chi connectivity index (χ4v) is 2.65. The molecule has 1 aliphatic heterocycles. The number of benzene rings is 1. The SMILES string of the molecule is CCNc1ncc2c(n1)N(C)CCN(c1cccc(C#N)c1)C2=O. The summed E-state index contributed by atoms with van der Waals surface area (Å²) in [5.41, 5.74) is 1.69. The van der Waals surface area contributed by atoms with Gasteiger partial charge in [0.05, 0.1) is 11.6 Å². The maximum absolute atomic E-state index is 13.0. The largest absolute Gasteiger partial charge is 0.357 e. The summed E-state index contributed by atoms with van der Waals surface area (Å²) in [4.78, 5) is 25.3. The van der Waals surface area contributed by atoms with Crippen molar-refractivity contribution in [1.82, 2.24) is 9.97 Å². The van der Waals surface area contributed by atoms with E-state index in [1.54, 1.807) is 29.3 Å².